The van der Waals surface area contributed by atoms with Gasteiger partial charge in [0, 0.05) is 36.5 Å². The molecule has 0 atom stereocenters. The van der Waals surface area contributed by atoms with Gasteiger partial charge in [0.15, 0.2) is 0 Å². The Balaban J connectivity index is 2.00. The summed E-state index contributed by atoms with van der Waals surface area (Å²) in [5.74, 6) is -0.0410. The number of nitrogens with zero attached hydrogens (tertiary/aromatic N) is 2. The lowest BCUT2D eigenvalue weighted by atomic mass is 10.0. The number of hydrogen-bond donors (Lipinski definition) is 2. The molecule has 0 spiro atoms. The van der Waals surface area contributed by atoms with Crippen molar-refractivity contribution in [2.45, 2.75) is 18.9 Å². The van der Waals surface area contributed by atoms with Gasteiger partial charge >= 0.3 is 5.97 Å². The second kappa shape index (κ2) is 5.83. The van der Waals surface area contributed by atoms with Crippen molar-refractivity contribution in [1.29, 1.82) is 0 Å². The first-order valence-corrected chi connectivity index (χ1v) is 7.81. The molecule has 0 aromatic carbocycles. The Morgan fingerprint density at radius 1 is 1.33 bits per heavy atom. The van der Waals surface area contributed by atoms with E-state index in [9.17, 15) is 9.90 Å². The van der Waals surface area contributed by atoms with Crippen LogP contribution in [-0.2, 0) is 0 Å². The fraction of sp³-hybridized carbons (Fsp3) is 0.333. The van der Waals surface area contributed by atoms with Crippen molar-refractivity contribution in [3.63, 3.8) is 0 Å². The zero-order chi connectivity index (χ0) is 14.8. The van der Waals surface area contributed by atoms with Crippen LogP contribution in [0.2, 0.25) is 0 Å². The van der Waals surface area contributed by atoms with E-state index in [4.69, 9.17) is 5.73 Å². The highest BCUT2D eigenvalue weighted by Gasteiger charge is 2.22. The predicted octanol–water partition coefficient (Wildman–Crippen LogP) is 2.44. The lowest BCUT2D eigenvalue weighted by molar-refractivity contribution is 0.0703. The Labute approximate surface area is 127 Å². The molecular formula is C15H17N3O2S. The number of aromatic carboxylic acids is 1. The number of carbonyl (C=O) groups is 1. The fourth-order valence-corrected chi connectivity index (χ4v) is 3.40. The maximum absolute atomic E-state index is 11.3. The number of hydrogen-bond acceptors (Lipinski definition) is 5. The van der Waals surface area contributed by atoms with Crippen molar-refractivity contribution < 1.29 is 9.90 Å². The second-order valence-corrected chi connectivity index (χ2v) is 6.08. The van der Waals surface area contributed by atoms with Crippen LogP contribution in [0.4, 0.5) is 5.82 Å². The molecule has 21 heavy (non-hydrogen) atoms. The van der Waals surface area contributed by atoms with E-state index < -0.39 is 5.97 Å². The fourth-order valence-electron chi connectivity index (χ4n) is 2.66. The SMILES string of the molecule is NC1CCN(c2ncccc2-c2ccsc2C(=O)O)CC1. The van der Waals surface area contributed by atoms with Crippen LogP contribution in [0.25, 0.3) is 11.1 Å². The average molecular weight is 303 g/mol. The van der Waals surface area contributed by atoms with E-state index in [0.29, 0.717) is 4.88 Å². The molecule has 0 bridgehead atoms. The molecule has 0 amide bonds. The molecule has 0 aliphatic carbocycles. The zero-order valence-corrected chi connectivity index (χ0v) is 12.3. The van der Waals surface area contributed by atoms with Crippen LogP contribution in [0.15, 0.2) is 29.8 Å². The summed E-state index contributed by atoms with van der Waals surface area (Å²) in [6, 6.07) is 5.89. The van der Waals surface area contributed by atoms with E-state index in [1.165, 1.54) is 11.3 Å². The lowest BCUT2D eigenvalue weighted by Gasteiger charge is -2.32. The molecule has 1 fully saturated rings. The number of rotatable bonds is 3. The van der Waals surface area contributed by atoms with E-state index in [0.717, 1.165) is 42.9 Å². The molecule has 5 nitrogen and oxygen atoms in total. The Hall–Kier alpha value is -1.92. The topological polar surface area (TPSA) is 79.5 Å². The minimum Gasteiger partial charge on any atom is -0.477 e. The van der Waals surface area contributed by atoms with Gasteiger partial charge in [0.2, 0.25) is 0 Å². The molecule has 0 unspecified atom stereocenters. The van der Waals surface area contributed by atoms with Crippen LogP contribution < -0.4 is 10.6 Å². The van der Waals surface area contributed by atoms with Gasteiger partial charge in [-0.25, -0.2) is 9.78 Å². The largest absolute Gasteiger partial charge is 0.477 e. The summed E-state index contributed by atoms with van der Waals surface area (Å²) in [5.41, 5.74) is 7.57. The van der Waals surface area contributed by atoms with Crippen LogP contribution in [0.1, 0.15) is 22.5 Å². The summed E-state index contributed by atoms with van der Waals surface area (Å²) in [6.07, 6.45) is 3.62. The molecule has 3 N–H and O–H groups in total. The third-order valence-electron chi connectivity index (χ3n) is 3.78. The molecule has 110 valence electrons. The summed E-state index contributed by atoms with van der Waals surface area (Å²) >= 11 is 1.24. The van der Waals surface area contributed by atoms with Crippen molar-refractivity contribution in [3.8, 4) is 11.1 Å². The van der Waals surface area contributed by atoms with Gasteiger partial charge in [-0.1, -0.05) is 0 Å². The first kappa shape index (κ1) is 14.0. The minimum absolute atomic E-state index is 0.254. The molecule has 3 rings (SSSR count). The van der Waals surface area contributed by atoms with Crippen LogP contribution in [0, 0.1) is 0 Å². The van der Waals surface area contributed by atoms with Gasteiger partial charge in [-0.15, -0.1) is 11.3 Å². The van der Waals surface area contributed by atoms with Crippen molar-refractivity contribution >= 4 is 23.1 Å². The van der Waals surface area contributed by atoms with Crippen LogP contribution in [0.5, 0.6) is 0 Å². The Kier molecular flexibility index (Phi) is 3.90. The van der Waals surface area contributed by atoms with Gasteiger partial charge in [-0.3, -0.25) is 0 Å². The maximum Gasteiger partial charge on any atom is 0.346 e. The lowest BCUT2D eigenvalue weighted by Crippen LogP contribution is -2.40. The average Bonchev–Trinajstić information content (AvgIpc) is 2.98. The van der Waals surface area contributed by atoms with E-state index in [-0.39, 0.29) is 6.04 Å². The molecule has 0 radical (unpaired) electrons. The standard InChI is InChI=1S/C15H17N3O2S/c16-10-3-7-18(8-4-10)14-12(2-1-6-17-14)11-5-9-21-13(11)15(19)20/h1-2,5-6,9-10H,3-4,7-8,16H2,(H,19,20). The number of carboxylic acid groups (broad SMARTS) is 1. The number of piperidine rings is 1. The molecule has 0 saturated carbocycles. The quantitative estimate of drug-likeness (QED) is 0.910. The summed E-state index contributed by atoms with van der Waals surface area (Å²) in [5, 5.41) is 11.1. The van der Waals surface area contributed by atoms with E-state index in [1.54, 1.807) is 6.20 Å². The molecule has 1 saturated heterocycles. The number of aromatic nitrogens is 1. The number of anilines is 1. The zero-order valence-electron chi connectivity index (χ0n) is 11.5. The van der Waals surface area contributed by atoms with Gasteiger partial charge in [-0.05, 0) is 36.4 Å². The molecule has 1 aliphatic rings. The Morgan fingerprint density at radius 3 is 2.81 bits per heavy atom. The third kappa shape index (κ3) is 2.77. The number of thiophene rings is 1. The van der Waals surface area contributed by atoms with E-state index >= 15 is 0 Å². The summed E-state index contributed by atoms with van der Waals surface area (Å²) in [6.45, 7) is 1.72. The van der Waals surface area contributed by atoms with Crippen molar-refractivity contribution in [1.82, 2.24) is 4.98 Å². The van der Waals surface area contributed by atoms with Gasteiger partial charge in [-0.2, -0.15) is 0 Å². The normalized spacial score (nSPS) is 16.1. The van der Waals surface area contributed by atoms with Crippen LogP contribution in [0.3, 0.4) is 0 Å². The highest BCUT2D eigenvalue weighted by molar-refractivity contribution is 7.12. The monoisotopic (exact) mass is 303 g/mol. The number of carboxylic acids is 1. The van der Waals surface area contributed by atoms with Gasteiger partial charge in [0.1, 0.15) is 10.7 Å². The molecular weight excluding hydrogens is 286 g/mol. The van der Waals surface area contributed by atoms with Crippen LogP contribution in [-0.4, -0.2) is 35.2 Å². The smallest absolute Gasteiger partial charge is 0.346 e. The number of nitrogens with two attached hydrogens (primary N) is 1. The van der Waals surface area contributed by atoms with E-state index in [2.05, 4.69) is 9.88 Å². The molecule has 3 heterocycles. The molecule has 2 aromatic rings. The summed E-state index contributed by atoms with van der Waals surface area (Å²) in [4.78, 5) is 18.4. The van der Waals surface area contributed by atoms with Gasteiger partial charge < -0.3 is 15.7 Å². The highest BCUT2D eigenvalue weighted by Crippen LogP contribution is 2.35. The van der Waals surface area contributed by atoms with Gasteiger partial charge in [0.25, 0.3) is 0 Å². The van der Waals surface area contributed by atoms with Crippen molar-refractivity contribution in [2.24, 2.45) is 5.73 Å². The van der Waals surface area contributed by atoms with Crippen LogP contribution >= 0.6 is 11.3 Å². The summed E-state index contributed by atoms with van der Waals surface area (Å²) in [7, 11) is 0. The summed E-state index contributed by atoms with van der Waals surface area (Å²) < 4.78 is 0. The number of pyridine rings is 1. The molecule has 6 heteroatoms. The first-order valence-electron chi connectivity index (χ1n) is 6.93. The molecule has 2 aromatic heterocycles. The minimum atomic E-state index is -0.893. The van der Waals surface area contributed by atoms with E-state index in [1.807, 2.05) is 23.6 Å². The molecule has 1 aliphatic heterocycles. The first-order chi connectivity index (χ1) is 10.2. The van der Waals surface area contributed by atoms with Crippen molar-refractivity contribution in [2.75, 3.05) is 18.0 Å². The predicted molar refractivity (Wildman–Crippen MR) is 83.9 cm³/mol. The Morgan fingerprint density at radius 2 is 2.10 bits per heavy atom. The highest BCUT2D eigenvalue weighted by atomic mass is 32.1. The van der Waals surface area contributed by atoms with Crippen molar-refractivity contribution in [3.05, 3.63) is 34.7 Å². The Bertz CT molecular complexity index is 648. The van der Waals surface area contributed by atoms with Gasteiger partial charge in [0.05, 0.1) is 0 Å². The third-order valence-corrected chi connectivity index (χ3v) is 4.68. The second-order valence-electron chi connectivity index (χ2n) is 5.17. The maximum atomic E-state index is 11.3.